The molecule has 1 aromatic carbocycles. The molecule has 4 heterocycles. The van der Waals surface area contributed by atoms with Crippen LogP contribution >= 0.6 is 11.8 Å². The number of thioether (sulfide) groups is 1. The number of rotatable bonds is 4. The van der Waals surface area contributed by atoms with Crippen molar-refractivity contribution in [3.8, 4) is 5.69 Å². The van der Waals surface area contributed by atoms with Crippen molar-refractivity contribution in [2.75, 3.05) is 5.75 Å². The van der Waals surface area contributed by atoms with Gasteiger partial charge in [0.1, 0.15) is 6.04 Å². The first-order valence-corrected chi connectivity index (χ1v) is 11.7. The van der Waals surface area contributed by atoms with Crippen LogP contribution < -0.4 is 0 Å². The first-order chi connectivity index (χ1) is 14.6. The highest BCUT2D eigenvalue weighted by molar-refractivity contribution is 8.14. The van der Waals surface area contributed by atoms with E-state index in [1.54, 1.807) is 0 Å². The average Bonchev–Trinajstić information content (AvgIpc) is 3.41. The van der Waals surface area contributed by atoms with Crippen molar-refractivity contribution in [3.63, 3.8) is 0 Å². The van der Waals surface area contributed by atoms with Crippen LogP contribution in [-0.4, -0.2) is 31.4 Å². The van der Waals surface area contributed by atoms with Crippen molar-refractivity contribution in [1.29, 1.82) is 0 Å². The first-order valence-electron chi connectivity index (χ1n) is 10.7. The Morgan fingerprint density at radius 3 is 2.57 bits per heavy atom. The van der Waals surface area contributed by atoms with E-state index in [4.69, 9.17) is 9.98 Å². The van der Waals surface area contributed by atoms with Crippen molar-refractivity contribution < 1.29 is 0 Å². The van der Waals surface area contributed by atoms with E-state index in [0.717, 1.165) is 17.9 Å². The van der Waals surface area contributed by atoms with E-state index in [0.29, 0.717) is 6.04 Å². The van der Waals surface area contributed by atoms with Crippen LogP contribution in [0.3, 0.4) is 0 Å². The Kier molecular flexibility index (Phi) is 4.94. The summed E-state index contributed by atoms with van der Waals surface area (Å²) in [6.07, 6.45) is 3.02. The lowest BCUT2D eigenvalue weighted by Crippen LogP contribution is -2.35. The molecule has 4 nitrogen and oxygen atoms in total. The lowest BCUT2D eigenvalue weighted by atomic mass is 9.95. The molecule has 5 rings (SSSR count). The topological polar surface area (TPSA) is 33.4 Å². The van der Waals surface area contributed by atoms with Gasteiger partial charge >= 0.3 is 0 Å². The minimum Gasteiger partial charge on any atom is -0.338 e. The molecule has 154 valence electrons. The Hall–Kier alpha value is -2.53. The van der Waals surface area contributed by atoms with Crippen molar-refractivity contribution >= 4 is 16.9 Å². The number of nitrogens with zero attached hydrogens (tertiary/aromatic N) is 4. The molecule has 2 aliphatic rings. The van der Waals surface area contributed by atoms with Gasteiger partial charge in [0.15, 0.2) is 5.17 Å². The van der Waals surface area contributed by atoms with Crippen molar-refractivity contribution in [2.24, 2.45) is 4.99 Å². The third-order valence-electron chi connectivity index (χ3n) is 6.41. The summed E-state index contributed by atoms with van der Waals surface area (Å²) in [4.78, 5) is 12.4. The molecule has 1 fully saturated rings. The number of pyridine rings is 1. The summed E-state index contributed by atoms with van der Waals surface area (Å²) in [5.74, 6) is 1.12. The van der Waals surface area contributed by atoms with Crippen LogP contribution in [0.25, 0.3) is 5.69 Å². The fourth-order valence-corrected chi connectivity index (χ4v) is 6.20. The smallest absolute Gasteiger partial charge is 0.160 e. The molecule has 0 spiro atoms. The number of hydrogen-bond acceptors (Lipinski definition) is 4. The van der Waals surface area contributed by atoms with E-state index in [9.17, 15) is 0 Å². The fourth-order valence-electron chi connectivity index (χ4n) is 4.86. The third kappa shape index (κ3) is 3.07. The van der Waals surface area contributed by atoms with E-state index >= 15 is 0 Å². The summed E-state index contributed by atoms with van der Waals surface area (Å²) in [6.45, 7) is 8.88. The maximum atomic E-state index is 5.17. The highest BCUT2D eigenvalue weighted by atomic mass is 32.2. The summed E-state index contributed by atoms with van der Waals surface area (Å²) in [5.41, 5.74) is 7.48. The first kappa shape index (κ1) is 19.4. The standard InChI is InChI=1S/C25H28N4S/c1-5-19-15-30-25-27-23(22-8-6-7-13-26-22)24(29(19)25)21-14-17(3)28(18(21)4)20-11-9-16(2)10-12-20/h6-14,19,23-24H,5,15H2,1-4H3/t19-,23+,24+/m0/s1. The zero-order chi connectivity index (χ0) is 20.8. The van der Waals surface area contributed by atoms with E-state index in [1.807, 2.05) is 24.0 Å². The van der Waals surface area contributed by atoms with Crippen LogP contribution in [0.2, 0.25) is 0 Å². The van der Waals surface area contributed by atoms with Gasteiger partial charge in [0.25, 0.3) is 0 Å². The van der Waals surface area contributed by atoms with E-state index < -0.39 is 0 Å². The van der Waals surface area contributed by atoms with Crippen molar-refractivity contribution in [3.05, 3.63) is 82.9 Å². The molecule has 2 aliphatic heterocycles. The monoisotopic (exact) mass is 416 g/mol. The Morgan fingerprint density at radius 2 is 1.87 bits per heavy atom. The quantitative estimate of drug-likeness (QED) is 0.541. The van der Waals surface area contributed by atoms with Gasteiger partial charge in [-0.3, -0.25) is 9.98 Å². The average molecular weight is 417 g/mol. The largest absolute Gasteiger partial charge is 0.338 e. The molecule has 2 aromatic heterocycles. The highest BCUT2D eigenvalue weighted by Gasteiger charge is 2.46. The SMILES string of the molecule is CC[C@H]1CSC2=N[C@H](c3ccccn3)[C@@H](c3cc(C)n(-c4ccc(C)cc4)c3C)N21. The molecular formula is C25H28N4S. The van der Waals surface area contributed by atoms with Gasteiger partial charge in [-0.05, 0) is 63.1 Å². The van der Waals surface area contributed by atoms with Gasteiger partial charge in [0, 0.05) is 35.1 Å². The lowest BCUT2D eigenvalue weighted by Gasteiger charge is -2.32. The Balaban J connectivity index is 1.63. The molecule has 30 heavy (non-hydrogen) atoms. The Morgan fingerprint density at radius 1 is 1.07 bits per heavy atom. The zero-order valence-corrected chi connectivity index (χ0v) is 18.9. The summed E-state index contributed by atoms with van der Waals surface area (Å²) in [6, 6.07) is 18.1. The minimum absolute atomic E-state index is 0.0371. The number of hydrogen-bond donors (Lipinski definition) is 0. The van der Waals surface area contributed by atoms with E-state index in [-0.39, 0.29) is 12.1 Å². The number of benzene rings is 1. The lowest BCUT2D eigenvalue weighted by molar-refractivity contribution is 0.254. The normalized spacial score (nSPS) is 23.0. The summed E-state index contributed by atoms with van der Waals surface area (Å²) in [5, 5.41) is 1.18. The molecule has 0 amide bonds. The summed E-state index contributed by atoms with van der Waals surface area (Å²) >= 11 is 1.90. The van der Waals surface area contributed by atoms with Crippen molar-refractivity contribution in [2.45, 2.75) is 52.2 Å². The van der Waals surface area contributed by atoms with Crippen LogP contribution in [0.15, 0.2) is 59.7 Å². The number of fused-ring (bicyclic) bond motifs is 1. The second kappa shape index (κ2) is 7.62. The van der Waals surface area contributed by atoms with E-state index in [2.05, 4.69) is 79.6 Å². The number of aliphatic imine (C=N–C) groups is 1. The minimum atomic E-state index is 0.0371. The molecule has 0 unspecified atom stereocenters. The van der Waals surface area contributed by atoms with Gasteiger partial charge in [-0.1, -0.05) is 42.4 Å². The molecule has 3 atom stereocenters. The Bertz CT molecular complexity index is 1080. The van der Waals surface area contributed by atoms with Crippen LogP contribution in [-0.2, 0) is 0 Å². The van der Waals surface area contributed by atoms with E-state index in [1.165, 1.54) is 33.4 Å². The van der Waals surface area contributed by atoms with Gasteiger partial charge in [0.05, 0.1) is 11.7 Å². The molecule has 0 N–H and O–H groups in total. The molecular weight excluding hydrogens is 388 g/mol. The Labute approximate surface area is 183 Å². The molecule has 0 radical (unpaired) electrons. The predicted octanol–water partition coefficient (Wildman–Crippen LogP) is 5.78. The maximum Gasteiger partial charge on any atom is 0.160 e. The fraction of sp³-hybridized carbons (Fsp3) is 0.360. The molecule has 0 saturated carbocycles. The van der Waals surface area contributed by atoms with Gasteiger partial charge in [-0.25, -0.2) is 0 Å². The van der Waals surface area contributed by atoms with Crippen LogP contribution in [0.4, 0.5) is 0 Å². The van der Waals surface area contributed by atoms with Gasteiger partial charge in [-0.15, -0.1) is 0 Å². The number of aryl methyl sites for hydroxylation is 2. The third-order valence-corrected chi connectivity index (χ3v) is 7.54. The maximum absolute atomic E-state index is 5.17. The molecule has 1 saturated heterocycles. The summed E-state index contributed by atoms with van der Waals surface area (Å²) in [7, 11) is 0. The van der Waals surface area contributed by atoms with Crippen molar-refractivity contribution in [1.82, 2.24) is 14.5 Å². The van der Waals surface area contributed by atoms with Crippen LogP contribution in [0.1, 0.15) is 53.6 Å². The van der Waals surface area contributed by atoms with Crippen LogP contribution in [0.5, 0.6) is 0 Å². The number of amidine groups is 1. The zero-order valence-electron chi connectivity index (χ0n) is 18.0. The van der Waals surface area contributed by atoms with Gasteiger partial charge < -0.3 is 9.47 Å². The number of aromatic nitrogens is 2. The second-order valence-corrected chi connectivity index (χ2v) is 9.32. The molecule has 0 bridgehead atoms. The van der Waals surface area contributed by atoms with Gasteiger partial charge in [-0.2, -0.15) is 0 Å². The molecule has 3 aromatic rings. The van der Waals surface area contributed by atoms with Gasteiger partial charge in [0.2, 0.25) is 0 Å². The predicted molar refractivity (Wildman–Crippen MR) is 126 cm³/mol. The summed E-state index contributed by atoms with van der Waals surface area (Å²) < 4.78 is 2.38. The second-order valence-electron chi connectivity index (χ2n) is 8.33. The van der Waals surface area contributed by atoms with Crippen LogP contribution in [0, 0.1) is 20.8 Å². The molecule has 5 heteroatoms. The molecule has 0 aliphatic carbocycles. The highest BCUT2D eigenvalue weighted by Crippen LogP contribution is 2.49.